The first-order valence-electron chi connectivity index (χ1n) is 8.80. The quantitative estimate of drug-likeness (QED) is 0.644. The molecule has 0 atom stereocenters. The molecule has 8 heteroatoms. The van der Waals surface area contributed by atoms with E-state index in [4.69, 9.17) is 0 Å². The summed E-state index contributed by atoms with van der Waals surface area (Å²) in [6.45, 7) is 7.69. The van der Waals surface area contributed by atoms with Crippen LogP contribution in [0.5, 0.6) is 0 Å². The largest absolute Gasteiger partial charge is 0.481 e. The lowest BCUT2D eigenvalue weighted by molar-refractivity contribution is -0.149. The van der Waals surface area contributed by atoms with E-state index < -0.39 is 27.3 Å². The first-order valence-corrected chi connectivity index (χ1v) is 10.2. The fourth-order valence-corrected chi connectivity index (χ4v) is 4.24. The summed E-state index contributed by atoms with van der Waals surface area (Å²) in [6.07, 6.45) is 0.769. The highest BCUT2D eigenvalue weighted by Gasteiger charge is 2.35. The van der Waals surface area contributed by atoms with Crippen molar-refractivity contribution in [1.29, 1.82) is 0 Å². The van der Waals surface area contributed by atoms with E-state index >= 15 is 0 Å². The molecule has 0 aliphatic rings. The van der Waals surface area contributed by atoms with E-state index in [0.717, 1.165) is 0 Å². The van der Waals surface area contributed by atoms with Crippen LogP contribution >= 0.6 is 0 Å². The summed E-state index contributed by atoms with van der Waals surface area (Å²) in [7, 11) is -3.66. The number of rotatable bonds is 10. The van der Waals surface area contributed by atoms with Gasteiger partial charge in [0.25, 0.3) is 5.91 Å². The van der Waals surface area contributed by atoms with Crippen LogP contribution in [0.4, 0.5) is 0 Å². The summed E-state index contributed by atoms with van der Waals surface area (Å²) in [6, 6.07) is 5.79. The van der Waals surface area contributed by atoms with Gasteiger partial charge in [-0.1, -0.05) is 33.8 Å². The Balaban J connectivity index is 3.04. The molecule has 0 spiro atoms. The number of aliphatic carboxylic acids is 1. The number of carbonyl (C=O) groups is 2. The van der Waals surface area contributed by atoms with Crippen LogP contribution < -0.4 is 5.32 Å². The Morgan fingerprint density at radius 1 is 1.12 bits per heavy atom. The van der Waals surface area contributed by atoms with Gasteiger partial charge in [-0.3, -0.25) is 9.59 Å². The molecular weight excluding hydrogens is 356 g/mol. The summed E-state index contributed by atoms with van der Waals surface area (Å²) in [5.41, 5.74) is -0.842. The molecule has 0 aliphatic carbocycles. The van der Waals surface area contributed by atoms with Gasteiger partial charge in [0.15, 0.2) is 0 Å². The normalized spacial score (nSPS) is 12.2. The van der Waals surface area contributed by atoms with Gasteiger partial charge in [-0.2, -0.15) is 4.31 Å². The Bertz CT molecular complexity index is 738. The molecule has 0 saturated heterocycles. The Morgan fingerprint density at radius 3 is 2.15 bits per heavy atom. The molecule has 1 rings (SSSR count). The predicted octanol–water partition coefficient (Wildman–Crippen LogP) is 2.34. The number of nitrogens with one attached hydrogen (secondary N) is 1. The van der Waals surface area contributed by atoms with Crippen molar-refractivity contribution in [1.82, 2.24) is 9.62 Å². The third-order valence-electron chi connectivity index (χ3n) is 4.83. The summed E-state index contributed by atoms with van der Waals surface area (Å²) in [5.74, 6) is -1.45. The fourth-order valence-electron chi connectivity index (χ4n) is 2.74. The standard InChI is InChI=1S/C18H28N2O5S/c1-5-18(6-2,17(22)23)13-19-16(21)14-10-9-11-15(12-14)26(24,25)20(7-3)8-4/h9-12H,5-8,13H2,1-4H3,(H,19,21)(H,22,23). The van der Waals surface area contributed by atoms with Crippen LogP contribution in [0, 0.1) is 5.41 Å². The van der Waals surface area contributed by atoms with Crippen molar-refractivity contribution in [2.75, 3.05) is 19.6 Å². The average Bonchev–Trinajstić information content (AvgIpc) is 2.63. The van der Waals surface area contributed by atoms with E-state index in [1.165, 1.54) is 28.6 Å². The molecule has 0 radical (unpaired) electrons. The fraction of sp³-hybridized carbons (Fsp3) is 0.556. The minimum Gasteiger partial charge on any atom is -0.481 e. The second kappa shape index (κ2) is 9.14. The minimum atomic E-state index is -3.66. The molecule has 0 fully saturated rings. The minimum absolute atomic E-state index is 0.0127. The highest BCUT2D eigenvalue weighted by atomic mass is 32.2. The number of carboxylic acid groups (broad SMARTS) is 1. The van der Waals surface area contributed by atoms with Crippen LogP contribution in [0.2, 0.25) is 0 Å². The molecule has 0 aliphatic heterocycles. The van der Waals surface area contributed by atoms with Gasteiger partial charge < -0.3 is 10.4 Å². The Morgan fingerprint density at radius 2 is 1.69 bits per heavy atom. The second-order valence-electron chi connectivity index (χ2n) is 6.09. The van der Waals surface area contributed by atoms with Crippen molar-refractivity contribution < 1.29 is 23.1 Å². The zero-order valence-corrected chi connectivity index (χ0v) is 16.6. The number of amides is 1. The van der Waals surface area contributed by atoms with Crippen LogP contribution in [-0.2, 0) is 14.8 Å². The maximum absolute atomic E-state index is 12.6. The topological polar surface area (TPSA) is 104 Å². The van der Waals surface area contributed by atoms with Crippen molar-refractivity contribution in [3.63, 3.8) is 0 Å². The summed E-state index contributed by atoms with van der Waals surface area (Å²) in [4.78, 5) is 24.0. The summed E-state index contributed by atoms with van der Waals surface area (Å²) < 4.78 is 26.5. The average molecular weight is 384 g/mol. The molecule has 0 aromatic heterocycles. The molecule has 146 valence electrons. The Kier molecular flexibility index (Phi) is 7.77. The van der Waals surface area contributed by atoms with Crippen LogP contribution in [0.15, 0.2) is 29.2 Å². The van der Waals surface area contributed by atoms with Gasteiger partial charge >= 0.3 is 5.97 Å². The highest BCUT2D eigenvalue weighted by molar-refractivity contribution is 7.89. The van der Waals surface area contributed by atoms with Gasteiger partial charge in [0.05, 0.1) is 10.3 Å². The number of carbonyl (C=O) groups excluding carboxylic acids is 1. The molecule has 1 aromatic rings. The van der Waals surface area contributed by atoms with E-state index in [-0.39, 0.29) is 17.0 Å². The van der Waals surface area contributed by atoms with Crippen molar-refractivity contribution >= 4 is 21.9 Å². The van der Waals surface area contributed by atoms with Gasteiger partial charge in [0.2, 0.25) is 10.0 Å². The monoisotopic (exact) mass is 384 g/mol. The number of nitrogens with zero attached hydrogens (tertiary/aromatic N) is 1. The molecule has 26 heavy (non-hydrogen) atoms. The lowest BCUT2D eigenvalue weighted by Crippen LogP contribution is -2.42. The van der Waals surface area contributed by atoms with Crippen molar-refractivity contribution in [3.8, 4) is 0 Å². The maximum Gasteiger partial charge on any atom is 0.311 e. The first-order chi connectivity index (χ1) is 12.2. The number of carboxylic acids is 1. The highest BCUT2D eigenvalue weighted by Crippen LogP contribution is 2.26. The van der Waals surface area contributed by atoms with Gasteiger partial charge in [0, 0.05) is 25.2 Å². The molecule has 1 amide bonds. The smallest absolute Gasteiger partial charge is 0.311 e. The van der Waals surface area contributed by atoms with Gasteiger partial charge in [-0.25, -0.2) is 8.42 Å². The van der Waals surface area contributed by atoms with E-state index in [2.05, 4.69) is 5.32 Å². The Labute approximate surface area is 155 Å². The molecular formula is C18H28N2O5S. The summed E-state index contributed by atoms with van der Waals surface area (Å²) >= 11 is 0. The van der Waals surface area contributed by atoms with Gasteiger partial charge in [0.1, 0.15) is 0 Å². The number of hydrogen-bond donors (Lipinski definition) is 2. The van der Waals surface area contributed by atoms with E-state index in [9.17, 15) is 23.1 Å². The van der Waals surface area contributed by atoms with E-state index in [0.29, 0.717) is 25.9 Å². The lowest BCUT2D eigenvalue weighted by Gasteiger charge is -2.26. The third-order valence-corrected chi connectivity index (χ3v) is 6.88. The number of sulfonamides is 1. The van der Waals surface area contributed by atoms with Gasteiger partial charge in [-0.05, 0) is 31.0 Å². The molecule has 0 heterocycles. The zero-order chi connectivity index (χ0) is 20.0. The van der Waals surface area contributed by atoms with Crippen LogP contribution in [0.25, 0.3) is 0 Å². The first kappa shape index (κ1) is 22.1. The number of hydrogen-bond acceptors (Lipinski definition) is 4. The molecule has 0 bridgehead atoms. The third kappa shape index (κ3) is 4.62. The molecule has 7 nitrogen and oxygen atoms in total. The van der Waals surface area contributed by atoms with Crippen molar-refractivity contribution in [3.05, 3.63) is 29.8 Å². The van der Waals surface area contributed by atoms with Crippen LogP contribution in [-0.4, -0.2) is 49.3 Å². The van der Waals surface area contributed by atoms with Crippen molar-refractivity contribution in [2.45, 2.75) is 45.4 Å². The molecule has 2 N–H and O–H groups in total. The number of benzene rings is 1. The maximum atomic E-state index is 12.6. The molecule has 1 aromatic carbocycles. The lowest BCUT2D eigenvalue weighted by atomic mass is 9.82. The van der Waals surface area contributed by atoms with Crippen LogP contribution in [0.1, 0.15) is 50.9 Å². The second-order valence-corrected chi connectivity index (χ2v) is 8.03. The van der Waals surface area contributed by atoms with Crippen molar-refractivity contribution in [2.24, 2.45) is 5.41 Å². The summed E-state index contributed by atoms with van der Waals surface area (Å²) in [5, 5.41) is 12.1. The van der Waals surface area contributed by atoms with E-state index in [1.54, 1.807) is 27.7 Å². The Hall–Kier alpha value is -1.93. The zero-order valence-electron chi connectivity index (χ0n) is 15.8. The molecule has 0 unspecified atom stereocenters. The van der Waals surface area contributed by atoms with Gasteiger partial charge in [-0.15, -0.1) is 0 Å². The SMILES string of the molecule is CCN(CC)S(=O)(=O)c1cccc(C(=O)NCC(CC)(CC)C(=O)O)c1. The predicted molar refractivity (Wildman–Crippen MR) is 99.5 cm³/mol. The molecule has 0 saturated carbocycles. The van der Waals surface area contributed by atoms with Crippen LogP contribution in [0.3, 0.4) is 0 Å². The van der Waals surface area contributed by atoms with E-state index in [1.807, 2.05) is 0 Å².